The number of ether oxygens (including phenoxy) is 1. The number of esters is 1. The van der Waals surface area contributed by atoms with E-state index < -0.39 is 24.3 Å². The molecule has 0 unspecified atom stereocenters. The maximum atomic E-state index is 10.9. The number of aliphatic hydroxyl groups excluding tert-OH is 2. The average Bonchev–Trinajstić information content (AvgIpc) is 2.51. The number of aliphatic hydroxyl groups is 2. The van der Waals surface area contributed by atoms with Gasteiger partial charge in [-0.1, -0.05) is 39.0 Å². The third-order valence-corrected chi connectivity index (χ3v) is 3.06. The summed E-state index contributed by atoms with van der Waals surface area (Å²) in [7, 11) is 0. The van der Waals surface area contributed by atoms with E-state index in [1.807, 2.05) is 0 Å². The second-order valence-electron chi connectivity index (χ2n) is 4.47. The van der Waals surface area contributed by atoms with Crippen molar-refractivity contribution >= 4 is 5.97 Å². The van der Waals surface area contributed by atoms with E-state index in [-0.39, 0.29) is 0 Å². The van der Waals surface area contributed by atoms with Crippen molar-refractivity contribution in [3.63, 3.8) is 0 Å². The first-order valence-corrected chi connectivity index (χ1v) is 6.23. The van der Waals surface area contributed by atoms with Gasteiger partial charge in [-0.2, -0.15) is 0 Å². The zero-order chi connectivity index (χ0) is 12.0. The van der Waals surface area contributed by atoms with Crippen LogP contribution in [0.2, 0.25) is 0 Å². The highest BCUT2D eigenvalue weighted by Crippen LogP contribution is 2.21. The number of hydrogen-bond donors (Lipinski definition) is 2. The Morgan fingerprint density at radius 2 is 1.75 bits per heavy atom. The molecular formula is C12H22O4. The molecule has 1 fully saturated rings. The molecule has 0 aliphatic carbocycles. The zero-order valence-corrected chi connectivity index (χ0v) is 9.89. The van der Waals surface area contributed by atoms with Crippen LogP contribution in [-0.2, 0) is 9.53 Å². The Morgan fingerprint density at radius 1 is 1.12 bits per heavy atom. The fourth-order valence-corrected chi connectivity index (χ4v) is 1.99. The lowest BCUT2D eigenvalue weighted by Crippen LogP contribution is -2.30. The molecular weight excluding hydrogens is 208 g/mol. The standard InChI is InChI=1S/C12H22O4/c1-2-3-4-5-6-7-8-9-10(13)11(14)12(15)16-9/h9-11,13-14H,2-8H2,1H3/t9-,10+,11-/m1/s1. The molecule has 0 saturated carbocycles. The monoisotopic (exact) mass is 230 g/mol. The molecule has 4 nitrogen and oxygen atoms in total. The largest absolute Gasteiger partial charge is 0.457 e. The quantitative estimate of drug-likeness (QED) is 0.512. The van der Waals surface area contributed by atoms with Crippen LogP contribution in [0, 0.1) is 0 Å². The predicted molar refractivity (Wildman–Crippen MR) is 59.9 cm³/mol. The molecule has 0 aromatic rings. The Balaban J connectivity index is 2.07. The van der Waals surface area contributed by atoms with Crippen LogP contribution >= 0.6 is 0 Å². The van der Waals surface area contributed by atoms with Gasteiger partial charge in [0.1, 0.15) is 12.2 Å². The van der Waals surface area contributed by atoms with Gasteiger partial charge >= 0.3 is 5.97 Å². The molecule has 0 radical (unpaired) electrons. The molecule has 0 aromatic carbocycles. The fourth-order valence-electron chi connectivity index (χ4n) is 1.99. The maximum Gasteiger partial charge on any atom is 0.338 e. The van der Waals surface area contributed by atoms with Gasteiger partial charge in [0, 0.05) is 0 Å². The lowest BCUT2D eigenvalue weighted by Gasteiger charge is -2.12. The third kappa shape index (κ3) is 3.76. The van der Waals surface area contributed by atoms with Crippen molar-refractivity contribution in [2.24, 2.45) is 0 Å². The van der Waals surface area contributed by atoms with Gasteiger partial charge in [-0.05, 0) is 12.8 Å². The lowest BCUT2D eigenvalue weighted by atomic mass is 10.0. The van der Waals surface area contributed by atoms with Crippen molar-refractivity contribution < 1.29 is 19.7 Å². The SMILES string of the molecule is CCCCCCCC[C@H]1OC(=O)[C@H](O)[C@H]1O. The van der Waals surface area contributed by atoms with Crippen molar-refractivity contribution in [2.75, 3.05) is 0 Å². The Morgan fingerprint density at radius 3 is 2.31 bits per heavy atom. The molecule has 0 amide bonds. The van der Waals surface area contributed by atoms with Crippen LogP contribution < -0.4 is 0 Å². The first kappa shape index (κ1) is 13.5. The Hall–Kier alpha value is -0.610. The number of carbonyl (C=O) groups excluding carboxylic acids is 1. The number of unbranched alkanes of at least 4 members (excludes halogenated alkanes) is 5. The lowest BCUT2D eigenvalue weighted by molar-refractivity contribution is -0.147. The number of carbonyl (C=O) groups is 1. The predicted octanol–water partition coefficient (Wildman–Crippen LogP) is 1.38. The second-order valence-corrected chi connectivity index (χ2v) is 4.47. The van der Waals surface area contributed by atoms with Gasteiger partial charge in [0.25, 0.3) is 0 Å². The summed E-state index contributed by atoms with van der Waals surface area (Å²) in [5.41, 5.74) is 0. The molecule has 3 atom stereocenters. The zero-order valence-electron chi connectivity index (χ0n) is 9.89. The Labute approximate surface area is 96.6 Å². The second kappa shape index (κ2) is 6.86. The highest BCUT2D eigenvalue weighted by atomic mass is 16.6. The van der Waals surface area contributed by atoms with Crippen LogP contribution in [-0.4, -0.2) is 34.5 Å². The van der Waals surface area contributed by atoms with Crippen molar-refractivity contribution in [3.05, 3.63) is 0 Å². The number of cyclic esters (lactones) is 1. The summed E-state index contributed by atoms with van der Waals surface area (Å²) >= 11 is 0. The molecule has 2 N–H and O–H groups in total. The van der Waals surface area contributed by atoms with Crippen LogP contribution in [0.25, 0.3) is 0 Å². The van der Waals surface area contributed by atoms with Gasteiger partial charge in [-0.3, -0.25) is 0 Å². The van der Waals surface area contributed by atoms with Gasteiger partial charge in [0.2, 0.25) is 0 Å². The molecule has 1 rings (SSSR count). The van der Waals surface area contributed by atoms with Crippen molar-refractivity contribution in [1.82, 2.24) is 0 Å². The van der Waals surface area contributed by atoms with Gasteiger partial charge in [-0.25, -0.2) is 4.79 Å². The Bertz CT molecular complexity index is 217. The van der Waals surface area contributed by atoms with Crippen LogP contribution in [0.3, 0.4) is 0 Å². The summed E-state index contributed by atoms with van der Waals surface area (Å²) < 4.78 is 4.87. The minimum absolute atomic E-state index is 0.506. The summed E-state index contributed by atoms with van der Waals surface area (Å²) in [6, 6.07) is 0. The summed E-state index contributed by atoms with van der Waals surface area (Å²) in [6.45, 7) is 2.18. The first-order valence-electron chi connectivity index (χ1n) is 6.23. The number of hydrogen-bond acceptors (Lipinski definition) is 4. The summed E-state index contributed by atoms with van der Waals surface area (Å²) in [6.07, 6.45) is 4.71. The van der Waals surface area contributed by atoms with Crippen molar-refractivity contribution in [2.45, 2.75) is 70.2 Å². The van der Waals surface area contributed by atoms with E-state index >= 15 is 0 Å². The summed E-state index contributed by atoms with van der Waals surface area (Å²) in [5.74, 6) is -0.691. The van der Waals surface area contributed by atoms with Gasteiger partial charge in [-0.15, -0.1) is 0 Å². The molecule has 1 heterocycles. The van der Waals surface area contributed by atoms with Crippen LogP contribution in [0.1, 0.15) is 51.9 Å². The normalized spacial score (nSPS) is 29.4. The van der Waals surface area contributed by atoms with Crippen LogP contribution in [0.15, 0.2) is 0 Å². The minimum atomic E-state index is -1.34. The van der Waals surface area contributed by atoms with E-state index in [0.29, 0.717) is 6.42 Å². The fraction of sp³-hybridized carbons (Fsp3) is 0.917. The molecule has 0 spiro atoms. The molecule has 1 aliphatic heterocycles. The third-order valence-electron chi connectivity index (χ3n) is 3.06. The smallest absolute Gasteiger partial charge is 0.338 e. The van der Waals surface area contributed by atoms with Crippen molar-refractivity contribution in [3.8, 4) is 0 Å². The molecule has 1 saturated heterocycles. The van der Waals surface area contributed by atoms with Gasteiger partial charge in [0.05, 0.1) is 0 Å². The number of rotatable bonds is 7. The summed E-state index contributed by atoms with van der Waals surface area (Å²) in [4.78, 5) is 10.9. The van der Waals surface area contributed by atoms with E-state index in [0.717, 1.165) is 12.8 Å². The molecule has 16 heavy (non-hydrogen) atoms. The summed E-state index contributed by atoms with van der Waals surface area (Å²) in [5, 5.41) is 18.7. The van der Waals surface area contributed by atoms with E-state index in [2.05, 4.69) is 6.92 Å². The minimum Gasteiger partial charge on any atom is -0.457 e. The van der Waals surface area contributed by atoms with E-state index in [1.165, 1.54) is 25.7 Å². The van der Waals surface area contributed by atoms with Gasteiger partial charge in [0.15, 0.2) is 6.10 Å². The molecule has 0 bridgehead atoms. The highest BCUT2D eigenvalue weighted by Gasteiger charge is 2.41. The average molecular weight is 230 g/mol. The highest BCUT2D eigenvalue weighted by molar-refractivity contribution is 5.77. The molecule has 4 heteroatoms. The maximum absolute atomic E-state index is 10.9. The van der Waals surface area contributed by atoms with E-state index in [9.17, 15) is 15.0 Å². The molecule has 94 valence electrons. The molecule has 1 aliphatic rings. The molecule has 0 aromatic heterocycles. The van der Waals surface area contributed by atoms with Crippen LogP contribution in [0.5, 0.6) is 0 Å². The Kier molecular flexibility index (Phi) is 5.77. The van der Waals surface area contributed by atoms with Crippen molar-refractivity contribution in [1.29, 1.82) is 0 Å². The van der Waals surface area contributed by atoms with E-state index in [1.54, 1.807) is 0 Å². The first-order chi connectivity index (χ1) is 7.66. The van der Waals surface area contributed by atoms with Gasteiger partial charge < -0.3 is 14.9 Å². The topological polar surface area (TPSA) is 66.8 Å². The van der Waals surface area contributed by atoms with Crippen LogP contribution in [0.4, 0.5) is 0 Å². The van der Waals surface area contributed by atoms with E-state index in [4.69, 9.17) is 4.74 Å².